The van der Waals surface area contributed by atoms with Crippen molar-refractivity contribution in [3.8, 4) is 11.4 Å². The quantitative estimate of drug-likeness (QED) is 0.470. The van der Waals surface area contributed by atoms with Gasteiger partial charge in [0, 0.05) is 34.5 Å². The predicted octanol–water partition coefficient (Wildman–Crippen LogP) is 3.71. The van der Waals surface area contributed by atoms with Crippen molar-refractivity contribution in [2.24, 2.45) is 5.11 Å². The van der Waals surface area contributed by atoms with E-state index in [9.17, 15) is 4.79 Å². The highest BCUT2D eigenvalue weighted by Gasteiger charge is 2.27. The summed E-state index contributed by atoms with van der Waals surface area (Å²) in [7, 11) is 0. The van der Waals surface area contributed by atoms with E-state index in [4.69, 9.17) is 21.7 Å². The molecular formula is C16H17ClN6O2. The summed E-state index contributed by atoms with van der Waals surface area (Å²) >= 11 is 6.15. The second kappa shape index (κ2) is 7.55. The van der Waals surface area contributed by atoms with Crippen LogP contribution in [0.2, 0.25) is 5.02 Å². The molecule has 2 aromatic rings. The molecule has 0 saturated carbocycles. The Balaban J connectivity index is 1.67. The van der Waals surface area contributed by atoms with Crippen molar-refractivity contribution in [2.75, 3.05) is 19.6 Å². The number of azide groups is 1. The predicted molar refractivity (Wildman–Crippen MR) is 92.0 cm³/mol. The lowest BCUT2D eigenvalue weighted by Crippen LogP contribution is -2.39. The number of amides is 1. The molecule has 2 heterocycles. The fourth-order valence-electron chi connectivity index (χ4n) is 2.93. The van der Waals surface area contributed by atoms with Gasteiger partial charge in [-0.2, -0.15) is 4.98 Å². The largest absolute Gasteiger partial charge is 0.343 e. The molecule has 1 aliphatic heterocycles. The normalized spacial score (nSPS) is 15.0. The van der Waals surface area contributed by atoms with Crippen molar-refractivity contribution in [3.05, 3.63) is 45.1 Å². The zero-order chi connectivity index (χ0) is 17.8. The van der Waals surface area contributed by atoms with Gasteiger partial charge in [0.1, 0.15) is 6.54 Å². The van der Waals surface area contributed by atoms with Gasteiger partial charge in [-0.05, 0) is 36.9 Å². The molecule has 1 amide bonds. The summed E-state index contributed by atoms with van der Waals surface area (Å²) in [6.45, 7) is 2.94. The molecule has 0 atom stereocenters. The minimum Gasteiger partial charge on any atom is -0.343 e. The highest BCUT2D eigenvalue weighted by atomic mass is 35.5. The van der Waals surface area contributed by atoms with Gasteiger partial charge in [-0.15, -0.1) is 0 Å². The zero-order valence-electron chi connectivity index (χ0n) is 13.7. The van der Waals surface area contributed by atoms with Crippen LogP contribution in [-0.4, -0.2) is 40.6 Å². The Morgan fingerprint density at radius 3 is 2.96 bits per heavy atom. The molecule has 8 nitrogen and oxygen atoms in total. The topological polar surface area (TPSA) is 108 Å². The first-order chi connectivity index (χ1) is 12.1. The van der Waals surface area contributed by atoms with Crippen LogP contribution in [-0.2, 0) is 4.79 Å². The van der Waals surface area contributed by atoms with Crippen LogP contribution < -0.4 is 0 Å². The third kappa shape index (κ3) is 3.75. The van der Waals surface area contributed by atoms with E-state index < -0.39 is 0 Å². The van der Waals surface area contributed by atoms with Gasteiger partial charge in [0.05, 0.1) is 0 Å². The monoisotopic (exact) mass is 360 g/mol. The third-order valence-electron chi connectivity index (χ3n) is 4.42. The molecule has 1 saturated heterocycles. The van der Waals surface area contributed by atoms with E-state index >= 15 is 0 Å². The third-order valence-corrected chi connectivity index (χ3v) is 4.83. The van der Waals surface area contributed by atoms with Gasteiger partial charge in [-0.1, -0.05) is 34.0 Å². The molecule has 0 N–H and O–H groups in total. The average Bonchev–Trinajstić information content (AvgIpc) is 3.12. The van der Waals surface area contributed by atoms with Crippen LogP contribution >= 0.6 is 11.6 Å². The Morgan fingerprint density at radius 1 is 1.48 bits per heavy atom. The van der Waals surface area contributed by atoms with Gasteiger partial charge >= 0.3 is 0 Å². The first-order valence-electron chi connectivity index (χ1n) is 7.98. The summed E-state index contributed by atoms with van der Waals surface area (Å²) in [5.74, 6) is 1.06. The summed E-state index contributed by atoms with van der Waals surface area (Å²) in [5, 5.41) is 8.05. The molecule has 1 aromatic carbocycles. The van der Waals surface area contributed by atoms with Crippen molar-refractivity contribution in [1.82, 2.24) is 15.0 Å². The van der Waals surface area contributed by atoms with Gasteiger partial charge in [0.2, 0.25) is 17.6 Å². The molecule has 1 fully saturated rings. The Labute approximate surface area is 149 Å². The number of hydrogen-bond acceptors (Lipinski definition) is 5. The summed E-state index contributed by atoms with van der Waals surface area (Å²) < 4.78 is 5.44. The number of carbonyl (C=O) groups excluding carboxylic acids is 1. The lowest BCUT2D eigenvalue weighted by Gasteiger charge is -2.30. The smallest absolute Gasteiger partial charge is 0.230 e. The molecule has 9 heteroatoms. The van der Waals surface area contributed by atoms with Crippen LogP contribution in [0.15, 0.2) is 27.8 Å². The Kier molecular flexibility index (Phi) is 5.21. The van der Waals surface area contributed by atoms with Crippen LogP contribution in [0.4, 0.5) is 0 Å². The highest BCUT2D eigenvalue weighted by molar-refractivity contribution is 6.31. The Hall–Kier alpha value is -2.57. The number of halogens is 1. The van der Waals surface area contributed by atoms with E-state index in [0.29, 0.717) is 29.8 Å². The van der Waals surface area contributed by atoms with E-state index in [1.165, 1.54) is 0 Å². The number of carbonyl (C=O) groups is 1. The number of nitrogens with zero attached hydrogens (tertiary/aromatic N) is 6. The molecule has 25 heavy (non-hydrogen) atoms. The Morgan fingerprint density at radius 2 is 2.24 bits per heavy atom. The molecule has 1 aromatic heterocycles. The average molecular weight is 361 g/mol. The fraction of sp³-hybridized carbons (Fsp3) is 0.438. The molecular weight excluding hydrogens is 344 g/mol. The number of hydrogen-bond donors (Lipinski definition) is 0. The minimum absolute atomic E-state index is 0.115. The van der Waals surface area contributed by atoms with E-state index in [1.54, 1.807) is 4.90 Å². The highest BCUT2D eigenvalue weighted by Crippen LogP contribution is 2.31. The SMILES string of the molecule is Cc1c(Cl)cccc1-c1noc(C2CCN(C(=O)CN=[N+]=[N-])CC2)n1. The minimum atomic E-state index is -0.156. The zero-order valence-corrected chi connectivity index (χ0v) is 14.5. The lowest BCUT2D eigenvalue weighted by molar-refractivity contribution is -0.130. The first kappa shape index (κ1) is 17.3. The van der Waals surface area contributed by atoms with Crippen LogP contribution in [0.1, 0.15) is 30.2 Å². The molecule has 1 aliphatic rings. The number of piperidine rings is 1. The summed E-state index contributed by atoms with van der Waals surface area (Å²) in [6, 6.07) is 5.59. The van der Waals surface area contributed by atoms with Crippen LogP contribution in [0.3, 0.4) is 0 Å². The van der Waals surface area contributed by atoms with E-state index in [2.05, 4.69) is 20.2 Å². The molecule has 0 radical (unpaired) electrons. The maximum Gasteiger partial charge on any atom is 0.230 e. The summed E-state index contributed by atoms with van der Waals surface area (Å²) in [6.07, 6.45) is 1.47. The second-order valence-electron chi connectivity index (χ2n) is 5.91. The van der Waals surface area contributed by atoms with Crippen molar-refractivity contribution >= 4 is 17.5 Å². The van der Waals surface area contributed by atoms with Gasteiger partial charge in [0.15, 0.2) is 0 Å². The van der Waals surface area contributed by atoms with E-state index in [-0.39, 0.29) is 18.4 Å². The van der Waals surface area contributed by atoms with Gasteiger partial charge in [-0.3, -0.25) is 4.79 Å². The summed E-state index contributed by atoms with van der Waals surface area (Å²) in [5.41, 5.74) is 10.1. The maximum atomic E-state index is 11.9. The molecule has 0 aliphatic carbocycles. The molecule has 0 unspecified atom stereocenters. The van der Waals surface area contributed by atoms with Crippen molar-refractivity contribution in [1.29, 1.82) is 0 Å². The van der Waals surface area contributed by atoms with E-state index in [0.717, 1.165) is 24.0 Å². The van der Waals surface area contributed by atoms with Crippen LogP contribution in [0.25, 0.3) is 21.8 Å². The number of aromatic nitrogens is 2. The van der Waals surface area contributed by atoms with Crippen molar-refractivity contribution < 1.29 is 9.32 Å². The maximum absolute atomic E-state index is 11.9. The standard InChI is InChI=1S/C16H17ClN6O2/c1-10-12(3-2-4-13(10)17)15-20-16(25-21-15)11-5-7-23(8-6-11)14(24)9-19-22-18/h2-4,11H,5-9H2,1H3. The number of likely N-dealkylation sites (tertiary alicyclic amines) is 1. The Bertz CT molecular complexity index is 822. The van der Waals surface area contributed by atoms with Crippen molar-refractivity contribution in [3.63, 3.8) is 0 Å². The summed E-state index contributed by atoms with van der Waals surface area (Å²) in [4.78, 5) is 20.7. The fourth-order valence-corrected chi connectivity index (χ4v) is 3.10. The van der Waals surface area contributed by atoms with Gasteiger partial charge in [-0.25, -0.2) is 0 Å². The first-order valence-corrected chi connectivity index (χ1v) is 8.35. The molecule has 0 spiro atoms. The van der Waals surface area contributed by atoms with Gasteiger partial charge in [0.25, 0.3) is 0 Å². The van der Waals surface area contributed by atoms with Crippen molar-refractivity contribution in [2.45, 2.75) is 25.7 Å². The van der Waals surface area contributed by atoms with Crippen LogP contribution in [0, 0.1) is 6.92 Å². The molecule has 130 valence electrons. The number of benzene rings is 1. The lowest BCUT2D eigenvalue weighted by atomic mass is 9.96. The number of rotatable bonds is 4. The second-order valence-corrected chi connectivity index (χ2v) is 6.32. The molecule has 0 bridgehead atoms. The molecule has 3 rings (SSSR count). The van der Waals surface area contributed by atoms with Gasteiger partial charge < -0.3 is 9.42 Å². The van der Waals surface area contributed by atoms with Crippen LogP contribution in [0.5, 0.6) is 0 Å². The van der Waals surface area contributed by atoms with E-state index in [1.807, 2.05) is 25.1 Å².